The number of pyridine rings is 1. The highest BCUT2D eigenvalue weighted by atomic mass is 16.5. The number of nitrogens with zero attached hydrogens (tertiary/aromatic N) is 1. The number of nitrogens with one attached hydrogen (secondary N) is 1. The molecule has 100 valence electrons. The lowest BCUT2D eigenvalue weighted by Gasteiger charge is -2.08. The second-order valence-electron chi connectivity index (χ2n) is 4.17. The molecule has 0 amide bonds. The van der Waals surface area contributed by atoms with E-state index in [0.717, 1.165) is 22.7 Å². The average Bonchev–Trinajstić information content (AvgIpc) is 2.46. The van der Waals surface area contributed by atoms with E-state index in [1.54, 1.807) is 7.11 Å². The third-order valence-electron chi connectivity index (χ3n) is 2.70. The molecule has 0 saturated heterocycles. The van der Waals surface area contributed by atoms with E-state index in [4.69, 9.17) is 9.47 Å². The van der Waals surface area contributed by atoms with Crippen LogP contribution in [-0.2, 0) is 18.0 Å². The number of hydrogen-bond acceptors (Lipinski definition) is 4. The molecule has 0 bridgehead atoms. The molecular weight excluding hydrogens is 240 g/mol. The Bertz CT molecular complexity index is 512. The smallest absolute Gasteiger partial charge is 0.125 e. The summed E-state index contributed by atoms with van der Waals surface area (Å²) in [5.41, 5.74) is 2.14. The van der Waals surface area contributed by atoms with Crippen molar-refractivity contribution in [3.05, 3.63) is 53.7 Å². The molecule has 2 aromatic rings. The molecule has 1 heterocycles. The second kappa shape index (κ2) is 6.75. The van der Waals surface area contributed by atoms with E-state index in [0.29, 0.717) is 13.2 Å². The van der Waals surface area contributed by atoms with E-state index >= 15 is 0 Å². The van der Waals surface area contributed by atoms with Crippen molar-refractivity contribution in [2.24, 2.45) is 0 Å². The lowest BCUT2D eigenvalue weighted by Crippen LogP contribution is -1.98. The standard InChI is InChI=1S/C15H18N2O2/c1-16-15-7-6-13(9-17-15)11-19-14-5-3-4-12(8-14)10-18-2/h3-9H,10-11H2,1-2H3,(H,16,17). The van der Waals surface area contributed by atoms with Crippen LogP contribution >= 0.6 is 0 Å². The lowest BCUT2D eigenvalue weighted by molar-refractivity contribution is 0.184. The first-order chi connectivity index (χ1) is 9.31. The monoisotopic (exact) mass is 258 g/mol. The highest BCUT2D eigenvalue weighted by molar-refractivity contribution is 5.34. The van der Waals surface area contributed by atoms with Gasteiger partial charge in [-0.1, -0.05) is 18.2 Å². The zero-order valence-corrected chi connectivity index (χ0v) is 11.2. The maximum absolute atomic E-state index is 5.74. The molecule has 19 heavy (non-hydrogen) atoms. The van der Waals surface area contributed by atoms with Gasteiger partial charge in [0, 0.05) is 25.9 Å². The maximum atomic E-state index is 5.74. The third kappa shape index (κ3) is 3.96. The first-order valence-electron chi connectivity index (χ1n) is 6.15. The topological polar surface area (TPSA) is 43.4 Å². The van der Waals surface area contributed by atoms with Crippen LogP contribution < -0.4 is 10.1 Å². The van der Waals surface area contributed by atoms with Gasteiger partial charge < -0.3 is 14.8 Å². The maximum Gasteiger partial charge on any atom is 0.125 e. The van der Waals surface area contributed by atoms with Crippen molar-refractivity contribution in [2.75, 3.05) is 19.5 Å². The highest BCUT2D eigenvalue weighted by Crippen LogP contribution is 2.16. The molecule has 2 rings (SSSR count). The first-order valence-corrected chi connectivity index (χ1v) is 6.15. The van der Waals surface area contributed by atoms with E-state index in [2.05, 4.69) is 10.3 Å². The number of hydrogen-bond donors (Lipinski definition) is 1. The van der Waals surface area contributed by atoms with E-state index in [-0.39, 0.29) is 0 Å². The van der Waals surface area contributed by atoms with Crippen LogP contribution in [0.2, 0.25) is 0 Å². The van der Waals surface area contributed by atoms with Crippen molar-refractivity contribution < 1.29 is 9.47 Å². The van der Waals surface area contributed by atoms with Gasteiger partial charge in [-0.15, -0.1) is 0 Å². The lowest BCUT2D eigenvalue weighted by atomic mass is 10.2. The summed E-state index contributed by atoms with van der Waals surface area (Å²) in [4.78, 5) is 4.25. The van der Waals surface area contributed by atoms with Gasteiger partial charge in [-0.25, -0.2) is 4.98 Å². The predicted molar refractivity (Wildman–Crippen MR) is 75.3 cm³/mol. The Labute approximate surface area is 113 Å². The number of anilines is 1. The van der Waals surface area contributed by atoms with Crippen LogP contribution in [0.4, 0.5) is 5.82 Å². The molecule has 0 aliphatic heterocycles. The van der Waals surface area contributed by atoms with Crippen LogP contribution in [0.25, 0.3) is 0 Å². The largest absolute Gasteiger partial charge is 0.489 e. The SMILES string of the molecule is CNc1ccc(COc2cccc(COC)c2)cn1. The van der Waals surface area contributed by atoms with Crippen molar-refractivity contribution in [3.8, 4) is 5.75 Å². The Hall–Kier alpha value is -2.07. The molecule has 0 radical (unpaired) electrons. The van der Waals surface area contributed by atoms with Crippen LogP contribution in [0.1, 0.15) is 11.1 Å². The van der Waals surface area contributed by atoms with Crippen molar-refractivity contribution in [1.82, 2.24) is 4.98 Å². The average molecular weight is 258 g/mol. The summed E-state index contributed by atoms with van der Waals surface area (Å²) in [6.45, 7) is 1.10. The molecule has 0 aliphatic rings. The van der Waals surface area contributed by atoms with Gasteiger partial charge in [0.15, 0.2) is 0 Å². The van der Waals surface area contributed by atoms with Crippen LogP contribution in [0.15, 0.2) is 42.6 Å². The van der Waals surface area contributed by atoms with E-state index in [9.17, 15) is 0 Å². The number of aromatic nitrogens is 1. The second-order valence-corrected chi connectivity index (χ2v) is 4.17. The summed E-state index contributed by atoms with van der Waals surface area (Å²) >= 11 is 0. The van der Waals surface area contributed by atoms with E-state index < -0.39 is 0 Å². The molecule has 0 saturated carbocycles. The van der Waals surface area contributed by atoms with Crippen molar-refractivity contribution >= 4 is 5.82 Å². The summed E-state index contributed by atoms with van der Waals surface area (Å²) in [6.07, 6.45) is 1.81. The summed E-state index contributed by atoms with van der Waals surface area (Å²) < 4.78 is 10.8. The van der Waals surface area contributed by atoms with Crippen LogP contribution in [0, 0.1) is 0 Å². The number of benzene rings is 1. The molecule has 4 nitrogen and oxygen atoms in total. The third-order valence-corrected chi connectivity index (χ3v) is 2.70. The van der Waals surface area contributed by atoms with Crippen molar-refractivity contribution in [3.63, 3.8) is 0 Å². The van der Waals surface area contributed by atoms with Crippen molar-refractivity contribution in [2.45, 2.75) is 13.2 Å². The van der Waals surface area contributed by atoms with Gasteiger partial charge >= 0.3 is 0 Å². The zero-order valence-electron chi connectivity index (χ0n) is 11.2. The van der Waals surface area contributed by atoms with Crippen LogP contribution in [-0.4, -0.2) is 19.1 Å². The van der Waals surface area contributed by atoms with Gasteiger partial charge in [-0.2, -0.15) is 0 Å². The van der Waals surface area contributed by atoms with Crippen LogP contribution in [0.5, 0.6) is 5.75 Å². The minimum atomic E-state index is 0.507. The minimum Gasteiger partial charge on any atom is -0.489 e. The number of rotatable bonds is 6. The highest BCUT2D eigenvalue weighted by Gasteiger charge is 1.99. The Kier molecular flexibility index (Phi) is 4.75. The molecule has 0 aliphatic carbocycles. The molecule has 0 spiro atoms. The number of methoxy groups -OCH3 is 1. The quantitative estimate of drug-likeness (QED) is 0.865. The molecular formula is C15H18N2O2. The number of ether oxygens (including phenoxy) is 2. The Morgan fingerprint density at radius 2 is 2.00 bits per heavy atom. The Morgan fingerprint density at radius 1 is 1.11 bits per heavy atom. The van der Waals surface area contributed by atoms with Gasteiger partial charge in [-0.3, -0.25) is 0 Å². The molecule has 1 aromatic carbocycles. The summed E-state index contributed by atoms with van der Waals surface area (Å²) in [5, 5.41) is 2.98. The van der Waals surface area contributed by atoms with Gasteiger partial charge in [0.25, 0.3) is 0 Å². The molecule has 0 unspecified atom stereocenters. The fourth-order valence-electron chi connectivity index (χ4n) is 1.72. The zero-order chi connectivity index (χ0) is 13.5. The first kappa shape index (κ1) is 13.4. The molecule has 0 fully saturated rings. The van der Waals surface area contributed by atoms with Crippen LogP contribution in [0.3, 0.4) is 0 Å². The Morgan fingerprint density at radius 3 is 2.68 bits per heavy atom. The summed E-state index contributed by atoms with van der Waals surface area (Å²) in [6, 6.07) is 11.8. The Balaban J connectivity index is 1.95. The van der Waals surface area contributed by atoms with Crippen molar-refractivity contribution in [1.29, 1.82) is 0 Å². The normalized spacial score (nSPS) is 10.2. The minimum absolute atomic E-state index is 0.507. The van der Waals surface area contributed by atoms with E-state index in [1.807, 2.05) is 49.6 Å². The fourth-order valence-corrected chi connectivity index (χ4v) is 1.72. The summed E-state index contributed by atoms with van der Waals surface area (Å²) in [7, 11) is 3.53. The predicted octanol–water partition coefficient (Wildman–Crippen LogP) is 2.85. The fraction of sp³-hybridized carbons (Fsp3) is 0.267. The molecule has 1 aromatic heterocycles. The van der Waals surface area contributed by atoms with Gasteiger partial charge in [0.05, 0.1) is 6.61 Å². The molecule has 4 heteroatoms. The van der Waals surface area contributed by atoms with E-state index in [1.165, 1.54) is 0 Å². The molecule has 1 N–H and O–H groups in total. The van der Waals surface area contributed by atoms with Gasteiger partial charge in [-0.05, 0) is 23.8 Å². The summed E-state index contributed by atoms with van der Waals surface area (Å²) in [5.74, 6) is 1.69. The van der Waals surface area contributed by atoms with Gasteiger partial charge in [0.1, 0.15) is 18.2 Å². The molecule has 0 atom stereocenters. The van der Waals surface area contributed by atoms with Gasteiger partial charge in [0.2, 0.25) is 0 Å².